The Kier molecular flexibility index (Phi) is 2.52. The lowest BCUT2D eigenvalue weighted by Crippen LogP contribution is -2.15. The van der Waals surface area contributed by atoms with Gasteiger partial charge in [-0.05, 0) is 18.8 Å². The van der Waals surface area contributed by atoms with E-state index in [1.807, 2.05) is 0 Å². The zero-order chi connectivity index (χ0) is 6.69. The summed E-state index contributed by atoms with van der Waals surface area (Å²) in [6, 6.07) is 0. The molecule has 1 saturated heterocycles. The van der Waals surface area contributed by atoms with E-state index in [4.69, 9.17) is 4.74 Å². The molecule has 54 valence electrons. The molecule has 9 heavy (non-hydrogen) atoms. The quantitative estimate of drug-likeness (QED) is 0.554. The van der Waals surface area contributed by atoms with Crippen molar-refractivity contribution >= 4 is 0 Å². The molecule has 0 amide bonds. The minimum Gasteiger partial charge on any atom is -0.378 e. The fourth-order valence-corrected chi connectivity index (χ4v) is 1.31. The van der Waals surface area contributed by atoms with Crippen LogP contribution in [0.15, 0.2) is 0 Å². The van der Waals surface area contributed by atoms with Crippen molar-refractivity contribution in [2.45, 2.75) is 39.2 Å². The highest BCUT2D eigenvalue weighted by Crippen LogP contribution is 2.21. The highest BCUT2D eigenvalue weighted by atomic mass is 16.5. The highest BCUT2D eigenvalue weighted by molar-refractivity contribution is 4.69. The van der Waals surface area contributed by atoms with Crippen molar-refractivity contribution < 1.29 is 4.74 Å². The van der Waals surface area contributed by atoms with Gasteiger partial charge in [0, 0.05) is 6.61 Å². The summed E-state index contributed by atoms with van der Waals surface area (Å²) in [6.07, 6.45) is 4.39. The van der Waals surface area contributed by atoms with Gasteiger partial charge in [-0.2, -0.15) is 0 Å². The largest absolute Gasteiger partial charge is 0.378 e. The van der Waals surface area contributed by atoms with E-state index in [2.05, 4.69) is 13.8 Å². The first-order valence-corrected chi connectivity index (χ1v) is 3.96. The lowest BCUT2D eigenvalue weighted by atomic mass is 10.00. The molecule has 1 fully saturated rings. The maximum Gasteiger partial charge on any atom is 0.0601 e. The van der Waals surface area contributed by atoms with Crippen LogP contribution in [0, 0.1) is 5.92 Å². The average molecular weight is 128 g/mol. The highest BCUT2D eigenvalue weighted by Gasteiger charge is 2.20. The predicted octanol–water partition coefficient (Wildman–Crippen LogP) is 2.21. The van der Waals surface area contributed by atoms with E-state index in [1.165, 1.54) is 19.3 Å². The molecule has 1 aliphatic heterocycles. The lowest BCUT2D eigenvalue weighted by molar-refractivity contribution is 0.0681. The first-order chi connectivity index (χ1) is 4.34. The Morgan fingerprint density at radius 1 is 1.67 bits per heavy atom. The van der Waals surface area contributed by atoms with E-state index in [0.29, 0.717) is 6.10 Å². The summed E-state index contributed by atoms with van der Waals surface area (Å²) in [6.45, 7) is 5.50. The fraction of sp³-hybridized carbons (Fsp3) is 1.00. The molecule has 0 N–H and O–H groups in total. The summed E-state index contributed by atoms with van der Waals surface area (Å²) >= 11 is 0. The van der Waals surface area contributed by atoms with Crippen LogP contribution in [0.1, 0.15) is 33.1 Å². The first kappa shape index (κ1) is 7.07. The maximum absolute atomic E-state index is 5.51. The zero-order valence-corrected chi connectivity index (χ0v) is 6.39. The van der Waals surface area contributed by atoms with Crippen LogP contribution in [-0.4, -0.2) is 12.7 Å². The van der Waals surface area contributed by atoms with Crippen LogP contribution in [0.5, 0.6) is 0 Å². The average Bonchev–Trinajstić information content (AvgIpc) is 2.37. The summed E-state index contributed by atoms with van der Waals surface area (Å²) in [7, 11) is 0. The molecule has 0 bridgehead atoms. The van der Waals surface area contributed by atoms with Crippen LogP contribution in [0.3, 0.4) is 0 Å². The van der Waals surface area contributed by atoms with Crippen molar-refractivity contribution in [3.05, 3.63) is 0 Å². The molecule has 0 radical (unpaired) electrons. The van der Waals surface area contributed by atoms with E-state index < -0.39 is 0 Å². The van der Waals surface area contributed by atoms with Gasteiger partial charge in [0.15, 0.2) is 0 Å². The van der Waals surface area contributed by atoms with E-state index in [-0.39, 0.29) is 0 Å². The minimum absolute atomic E-state index is 0.579. The van der Waals surface area contributed by atoms with Crippen LogP contribution in [0.4, 0.5) is 0 Å². The first-order valence-electron chi connectivity index (χ1n) is 3.96. The summed E-state index contributed by atoms with van der Waals surface area (Å²) in [5.74, 6) is 0.771. The summed E-state index contributed by atoms with van der Waals surface area (Å²) in [5, 5.41) is 0. The fourth-order valence-electron chi connectivity index (χ4n) is 1.31. The third kappa shape index (κ3) is 1.68. The van der Waals surface area contributed by atoms with Gasteiger partial charge in [0.05, 0.1) is 6.10 Å². The van der Waals surface area contributed by atoms with Gasteiger partial charge in [0.2, 0.25) is 0 Å². The molecule has 0 aromatic carbocycles. The third-order valence-corrected chi connectivity index (χ3v) is 2.24. The SMILES string of the molecule is CC[C@@H](C)[C@H]1CCCO1. The molecule has 2 atom stereocenters. The van der Waals surface area contributed by atoms with Gasteiger partial charge < -0.3 is 4.74 Å². The molecular weight excluding hydrogens is 112 g/mol. The van der Waals surface area contributed by atoms with Gasteiger partial charge in [-0.1, -0.05) is 20.3 Å². The molecule has 0 aliphatic carbocycles. The van der Waals surface area contributed by atoms with Crippen molar-refractivity contribution in [2.75, 3.05) is 6.61 Å². The topological polar surface area (TPSA) is 9.23 Å². The normalized spacial score (nSPS) is 30.7. The molecule has 0 aromatic heterocycles. The zero-order valence-electron chi connectivity index (χ0n) is 6.39. The molecule has 0 saturated carbocycles. The molecular formula is C8H16O. The number of rotatable bonds is 2. The van der Waals surface area contributed by atoms with Crippen LogP contribution in [-0.2, 0) is 4.74 Å². The van der Waals surface area contributed by atoms with Gasteiger partial charge in [0.1, 0.15) is 0 Å². The third-order valence-electron chi connectivity index (χ3n) is 2.24. The molecule has 0 spiro atoms. The Morgan fingerprint density at radius 2 is 2.44 bits per heavy atom. The second-order valence-electron chi connectivity index (χ2n) is 2.94. The number of hydrogen-bond acceptors (Lipinski definition) is 1. The van der Waals surface area contributed by atoms with Crippen molar-refractivity contribution in [1.82, 2.24) is 0 Å². The monoisotopic (exact) mass is 128 g/mol. The Labute approximate surface area is 57.4 Å². The van der Waals surface area contributed by atoms with Crippen LogP contribution in [0.2, 0.25) is 0 Å². The van der Waals surface area contributed by atoms with Crippen molar-refractivity contribution in [3.63, 3.8) is 0 Å². The van der Waals surface area contributed by atoms with E-state index in [0.717, 1.165) is 12.5 Å². The molecule has 1 aliphatic rings. The van der Waals surface area contributed by atoms with E-state index in [9.17, 15) is 0 Å². The van der Waals surface area contributed by atoms with Crippen LogP contribution < -0.4 is 0 Å². The summed E-state index contributed by atoms with van der Waals surface area (Å²) in [5.41, 5.74) is 0. The summed E-state index contributed by atoms with van der Waals surface area (Å²) < 4.78 is 5.51. The lowest BCUT2D eigenvalue weighted by Gasteiger charge is -2.15. The molecule has 0 unspecified atom stereocenters. The maximum atomic E-state index is 5.51. The Morgan fingerprint density at radius 3 is 2.89 bits per heavy atom. The van der Waals surface area contributed by atoms with Gasteiger partial charge in [-0.15, -0.1) is 0 Å². The van der Waals surface area contributed by atoms with Gasteiger partial charge in [-0.3, -0.25) is 0 Å². The molecule has 1 heteroatoms. The Hall–Kier alpha value is -0.0400. The molecule has 1 rings (SSSR count). The minimum atomic E-state index is 0.579. The molecule has 1 heterocycles. The molecule has 1 nitrogen and oxygen atoms in total. The van der Waals surface area contributed by atoms with Crippen molar-refractivity contribution in [2.24, 2.45) is 5.92 Å². The smallest absolute Gasteiger partial charge is 0.0601 e. The van der Waals surface area contributed by atoms with E-state index >= 15 is 0 Å². The van der Waals surface area contributed by atoms with Crippen molar-refractivity contribution in [1.29, 1.82) is 0 Å². The molecule has 0 aromatic rings. The standard InChI is InChI=1S/C8H16O/c1-3-7(2)8-5-4-6-9-8/h7-8H,3-6H2,1-2H3/t7-,8-/m1/s1. The Bertz CT molecular complexity index is 74.6. The Balaban J connectivity index is 2.24. The number of hydrogen-bond donors (Lipinski definition) is 0. The van der Waals surface area contributed by atoms with Gasteiger partial charge in [0.25, 0.3) is 0 Å². The second kappa shape index (κ2) is 3.21. The number of ether oxygens (including phenoxy) is 1. The van der Waals surface area contributed by atoms with Gasteiger partial charge in [-0.25, -0.2) is 0 Å². The van der Waals surface area contributed by atoms with Crippen molar-refractivity contribution in [3.8, 4) is 0 Å². The second-order valence-corrected chi connectivity index (χ2v) is 2.94. The summed E-state index contributed by atoms with van der Waals surface area (Å²) in [4.78, 5) is 0. The van der Waals surface area contributed by atoms with Crippen LogP contribution in [0.25, 0.3) is 0 Å². The van der Waals surface area contributed by atoms with Gasteiger partial charge >= 0.3 is 0 Å². The van der Waals surface area contributed by atoms with E-state index in [1.54, 1.807) is 0 Å². The predicted molar refractivity (Wildman–Crippen MR) is 38.4 cm³/mol. The van der Waals surface area contributed by atoms with Crippen LogP contribution >= 0.6 is 0 Å².